The quantitative estimate of drug-likeness (QED) is 0.486. The van der Waals surface area contributed by atoms with Crippen molar-refractivity contribution in [1.82, 2.24) is 10.2 Å². The van der Waals surface area contributed by atoms with Gasteiger partial charge < -0.3 is 9.59 Å². The molecule has 1 aromatic heterocycles. The molecule has 1 aromatic rings. The molecule has 0 aromatic carbocycles. The molecule has 0 saturated heterocycles. The molecule has 0 bridgehead atoms. The van der Waals surface area contributed by atoms with Gasteiger partial charge in [0, 0.05) is 24.3 Å². The summed E-state index contributed by atoms with van der Waals surface area (Å²) in [6.07, 6.45) is 3.05. The molecule has 0 atom stereocenters. The number of hydrogen-bond acceptors (Lipinski definition) is 7. The molecule has 0 aliphatic rings. The summed E-state index contributed by atoms with van der Waals surface area (Å²) >= 11 is 4.89. The first kappa shape index (κ1) is 16.7. The van der Waals surface area contributed by atoms with Gasteiger partial charge in [-0.2, -0.15) is 0 Å². The number of ketones is 2. The highest BCUT2D eigenvalue weighted by Gasteiger charge is 2.06. The Bertz CT molecular complexity index is 384. The van der Waals surface area contributed by atoms with E-state index in [9.17, 15) is 9.59 Å². The lowest BCUT2D eigenvalue weighted by molar-refractivity contribution is -0.117. The van der Waals surface area contributed by atoms with Gasteiger partial charge in [0.05, 0.1) is 0 Å². The lowest BCUT2D eigenvalue weighted by Gasteiger charge is -1.95. The second kappa shape index (κ2) is 9.50. The SMILES string of the molecule is CC(=O)CCCSc1nnc(SCCCC(C)=O)s1. The summed E-state index contributed by atoms with van der Waals surface area (Å²) in [5, 5.41) is 8.21. The van der Waals surface area contributed by atoms with E-state index in [0.717, 1.165) is 33.0 Å². The zero-order chi connectivity index (χ0) is 14.1. The molecular formula is C12H18N2O2S3. The van der Waals surface area contributed by atoms with E-state index in [2.05, 4.69) is 10.2 Å². The van der Waals surface area contributed by atoms with Gasteiger partial charge in [-0.25, -0.2) is 0 Å². The van der Waals surface area contributed by atoms with Gasteiger partial charge in [0.15, 0.2) is 8.68 Å². The van der Waals surface area contributed by atoms with Gasteiger partial charge in [-0.05, 0) is 26.7 Å². The predicted molar refractivity (Wildman–Crippen MR) is 81.2 cm³/mol. The molecular weight excluding hydrogens is 300 g/mol. The lowest BCUT2D eigenvalue weighted by Crippen LogP contribution is -1.90. The number of aromatic nitrogens is 2. The number of Topliss-reactive ketones (excluding diaryl/α,β-unsaturated/α-hetero) is 2. The van der Waals surface area contributed by atoms with E-state index in [1.165, 1.54) is 0 Å². The standard InChI is InChI=1S/C12H18N2O2S3/c1-9(15)5-3-7-17-11-13-14-12(19-11)18-8-4-6-10(2)16/h3-8H2,1-2H3. The van der Waals surface area contributed by atoms with Gasteiger partial charge in [0.25, 0.3) is 0 Å². The minimum atomic E-state index is 0.236. The van der Waals surface area contributed by atoms with Crippen LogP contribution in [0.3, 0.4) is 0 Å². The Hall–Kier alpha value is -0.400. The Balaban J connectivity index is 2.17. The molecule has 0 aliphatic heterocycles. The van der Waals surface area contributed by atoms with Crippen LogP contribution in [0.1, 0.15) is 39.5 Å². The van der Waals surface area contributed by atoms with Crippen LogP contribution in [0, 0.1) is 0 Å². The Morgan fingerprint density at radius 1 is 0.947 bits per heavy atom. The van der Waals surface area contributed by atoms with E-state index in [-0.39, 0.29) is 11.6 Å². The van der Waals surface area contributed by atoms with E-state index in [1.807, 2.05) is 0 Å². The average Bonchev–Trinajstić information content (AvgIpc) is 2.78. The van der Waals surface area contributed by atoms with Gasteiger partial charge in [0.2, 0.25) is 0 Å². The molecule has 4 nitrogen and oxygen atoms in total. The van der Waals surface area contributed by atoms with Crippen molar-refractivity contribution in [2.45, 2.75) is 48.2 Å². The van der Waals surface area contributed by atoms with Crippen LogP contribution in [0.5, 0.6) is 0 Å². The monoisotopic (exact) mass is 318 g/mol. The normalized spacial score (nSPS) is 10.6. The third kappa shape index (κ3) is 8.39. The molecule has 0 spiro atoms. The predicted octanol–water partition coefficient (Wildman–Crippen LogP) is 3.46. The fourth-order valence-electron chi connectivity index (χ4n) is 1.28. The van der Waals surface area contributed by atoms with Crippen molar-refractivity contribution < 1.29 is 9.59 Å². The Labute approximate surface area is 126 Å². The smallest absolute Gasteiger partial charge is 0.175 e. The third-order valence-corrected chi connectivity index (χ3v) is 5.55. The molecule has 0 unspecified atom stereocenters. The Kier molecular flexibility index (Phi) is 8.32. The van der Waals surface area contributed by atoms with Crippen LogP contribution < -0.4 is 0 Å². The van der Waals surface area contributed by atoms with Crippen molar-refractivity contribution in [2.24, 2.45) is 0 Å². The average molecular weight is 318 g/mol. The first-order valence-corrected chi connectivity index (χ1v) is 8.94. The highest BCUT2D eigenvalue weighted by Crippen LogP contribution is 2.29. The van der Waals surface area contributed by atoms with Crippen molar-refractivity contribution in [3.8, 4) is 0 Å². The summed E-state index contributed by atoms with van der Waals surface area (Å²) in [5.41, 5.74) is 0. The molecule has 0 N–H and O–H groups in total. The largest absolute Gasteiger partial charge is 0.300 e. The van der Waals surface area contributed by atoms with Crippen LogP contribution in [0.2, 0.25) is 0 Å². The first-order chi connectivity index (χ1) is 9.08. The maximum Gasteiger partial charge on any atom is 0.175 e. The zero-order valence-electron chi connectivity index (χ0n) is 11.2. The minimum Gasteiger partial charge on any atom is -0.300 e. The molecule has 106 valence electrons. The summed E-state index contributed by atoms with van der Waals surface area (Å²) in [7, 11) is 0. The van der Waals surface area contributed by atoms with E-state index < -0.39 is 0 Å². The molecule has 1 rings (SSSR count). The van der Waals surface area contributed by atoms with Crippen molar-refractivity contribution in [1.29, 1.82) is 0 Å². The lowest BCUT2D eigenvalue weighted by atomic mass is 10.3. The number of carbonyl (C=O) groups excluding carboxylic acids is 2. The molecule has 7 heteroatoms. The van der Waals surface area contributed by atoms with Gasteiger partial charge in [-0.3, -0.25) is 0 Å². The number of rotatable bonds is 10. The zero-order valence-corrected chi connectivity index (χ0v) is 13.6. The van der Waals surface area contributed by atoms with Crippen LogP contribution >= 0.6 is 34.9 Å². The number of nitrogens with zero attached hydrogens (tertiary/aromatic N) is 2. The first-order valence-electron chi connectivity index (χ1n) is 6.16. The summed E-state index contributed by atoms with van der Waals surface area (Å²) in [6, 6.07) is 0. The van der Waals surface area contributed by atoms with Crippen molar-refractivity contribution in [3.63, 3.8) is 0 Å². The molecule has 1 heterocycles. The van der Waals surface area contributed by atoms with Crippen molar-refractivity contribution >= 4 is 46.4 Å². The van der Waals surface area contributed by atoms with E-state index in [4.69, 9.17) is 0 Å². The Morgan fingerprint density at radius 3 is 1.74 bits per heavy atom. The second-order valence-electron chi connectivity index (χ2n) is 4.14. The van der Waals surface area contributed by atoms with Crippen molar-refractivity contribution in [2.75, 3.05) is 11.5 Å². The minimum absolute atomic E-state index is 0.236. The van der Waals surface area contributed by atoms with Crippen LogP contribution in [-0.4, -0.2) is 33.3 Å². The van der Waals surface area contributed by atoms with Gasteiger partial charge >= 0.3 is 0 Å². The molecule has 0 fully saturated rings. The third-order valence-electron chi connectivity index (χ3n) is 2.19. The molecule has 0 amide bonds. The van der Waals surface area contributed by atoms with E-state index in [1.54, 1.807) is 48.7 Å². The van der Waals surface area contributed by atoms with Gasteiger partial charge in [-0.15, -0.1) is 10.2 Å². The summed E-state index contributed by atoms with van der Waals surface area (Å²) < 4.78 is 1.91. The summed E-state index contributed by atoms with van der Waals surface area (Å²) in [5.74, 6) is 2.28. The van der Waals surface area contributed by atoms with E-state index >= 15 is 0 Å². The summed E-state index contributed by atoms with van der Waals surface area (Å²) in [6.45, 7) is 3.23. The van der Waals surface area contributed by atoms with Crippen LogP contribution in [0.4, 0.5) is 0 Å². The van der Waals surface area contributed by atoms with E-state index in [0.29, 0.717) is 12.8 Å². The fraction of sp³-hybridized carbons (Fsp3) is 0.667. The van der Waals surface area contributed by atoms with Gasteiger partial charge in [0.1, 0.15) is 11.6 Å². The number of carbonyl (C=O) groups is 2. The number of hydrogen-bond donors (Lipinski definition) is 0. The second-order valence-corrected chi connectivity index (χ2v) is 7.80. The maximum absolute atomic E-state index is 10.8. The summed E-state index contributed by atoms with van der Waals surface area (Å²) in [4.78, 5) is 21.6. The molecule has 0 radical (unpaired) electrons. The topological polar surface area (TPSA) is 59.9 Å². The maximum atomic E-state index is 10.8. The van der Waals surface area contributed by atoms with Crippen LogP contribution in [-0.2, 0) is 9.59 Å². The van der Waals surface area contributed by atoms with Crippen molar-refractivity contribution in [3.05, 3.63) is 0 Å². The molecule has 0 saturated carbocycles. The Morgan fingerprint density at radius 2 is 1.37 bits per heavy atom. The van der Waals surface area contributed by atoms with Gasteiger partial charge in [-0.1, -0.05) is 34.9 Å². The van der Waals surface area contributed by atoms with Crippen LogP contribution in [0.15, 0.2) is 8.68 Å². The van der Waals surface area contributed by atoms with Crippen LogP contribution in [0.25, 0.3) is 0 Å². The fourth-order valence-corrected chi connectivity index (χ4v) is 4.31. The highest BCUT2D eigenvalue weighted by molar-refractivity contribution is 8.03. The number of thioether (sulfide) groups is 2. The highest BCUT2D eigenvalue weighted by atomic mass is 32.2. The molecule has 19 heavy (non-hydrogen) atoms. The molecule has 0 aliphatic carbocycles.